The molecule has 1 unspecified atom stereocenters. The summed E-state index contributed by atoms with van der Waals surface area (Å²) in [6, 6.07) is 17.8. The zero-order valence-corrected chi connectivity index (χ0v) is 21.0. The average molecular weight is 494 g/mol. The summed E-state index contributed by atoms with van der Waals surface area (Å²) in [6.45, 7) is 9.40. The Morgan fingerprint density at radius 1 is 1.09 bits per heavy atom. The molecular weight excluding hydrogens is 462 g/mol. The van der Waals surface area contributed by atoms with Crippen LogP contribution in [0.3, 0.4) is 0 Å². The molecule has 1 aromatic heterocycles. The molecule has 1 aliphatic rings. The maximum Gasteiger partial charge on any atom is 0.233 e. The summed E-state index contributed by atoms with van der Waals surface area (Å²) >= 11 is 1.40. The number of carbonyl (C=O) groups excluding carboxylic acids is 1. The van der Waals surface area contributed by atoms with Gasteiger partial charge in [0.05, 0.1) is 12.9 Å². The summed E-state index contributed by atoms with van der Waals surface area (Å²) in [5.74, 6) is 2.51. The third-order valence-corrected chi connectivity index (χ3v) is 6.80. The molecule has 0 radical (unpaired) electrons. The number of anilines is 1. The SMILES string of the molecule is C=CCn1c(SCC(=O)N2CCN(c3ccccc3)CC2)nnc1C(C)Oc1cccc(OC)c1. The summed E-state index contributed by atoms with van der Waals surface area (Å²) in [7, 11) is 1.62. The summed E-state index contributed by atoms with van der Waals surface area (Å²) in [5, 5.41) is 9.39. The van der Waals surface area contributed by atoms with E-state index in [1.165, 1.54) is 17.4 Å². The van der Waals surface area contributed by atoms with Crippen molar-refractivity contribution in [2.45, 2.75) is 24.7 Å². The second kappa shape index (κ2) is 11.8. The number of hydrogen-bond donors (Lipinski definition) is 0. The average Bonchev–Trinajstić information content (AvgIpc) is 3.31. The number of para-hydroxylation sites is 1. The van der Waals surface area contributed by atoms with Crippen LogP contribution in [0.15, 0.2) is 72.4 Å². The molecule has 1 saturated heterocycles. The van der Waals surface area contributed by atoms with E-state index in [9.17, 15) is 4.79 Å². The van der Waals surface area contributed by atoms with Gasteiger partial charge in [0.2, 0.25) is 5.91 Å². The molecule has 35 heavy (non-hydrogen) atoms. The molecule has 184 valence electrons. The molecule has 8 nitrogen and oxygen atoms in total. The van der Waals surface area contributed by atoms with Gasteiger partial charge < -0.3 is 19.3 Å². The number of nitrogens with zero attached hydrogens (tertiary/aromatic N) is 5. The van der Waals surface area contributed by atoms with Crippen LogP contribution in [-0.4, -0.2) is 64.6 Å². The molecule has 0 aliphatic carbocycles. The van der Waals surface area contributed by atoms with Gasteiger partial charge in [0.25, 0.3) is 0 Å². The Morgan fingerprint density at radius 2 is 1.83 bits per heavy atom. The van der Waals surface area contributed by atoms with Gasteiger partial charge >= 0.3 is 0 Å². The second-order valence-corrected chi connectivity index (χ2v) is 9.11. The van der Waals surface area contributed by atoms with E-state index >= 15 is 0 Å². The van der Waals surface area contributed by atoms with Crippen molar-refractivity contribution in [3.63, 3.8) is 0 Å². The summed E-state index contributed by atoms with van der Waals surface area (Å²) in [4.78, 5) is 17.1. The summed E-state index contributed by atoms with van der Waals surface area (Å²) in [5.41, 5.74) is 1.20. The third-order valence-electron chi connectivity index (χ3n) is 5.85. The van der Waals surface area contributed by atoms with Crippen LogP contribution in [0.4, 0.5) is 5.69 Å². The van der Waals surface area contributed by atoms with E-state index in [0.717, 1.165) is 18.8 Å². The first-order valence-electron chi connectivity index (χ1n) is 11.6. The Bertz CT molecular complexity index is 1130. The normalized spacial score (nSPS) is 14.5. The van der Waals surface area contributed by atoms with Crippen LogP contribution < -0.4 is 14.4 Å². The highest BCUT2D eigenvalue weighted by molar-refractivity contribution is 7.99. The van der Waals surface area contributed by atoms with Crippen LogP contribution in [0.2, 0.25) is 0 Å². The smallest absolute Gasteiger partial charge is 0.233 e. The number of aromatic nitrogens is 3. The number of thioether (sulfide) groups is 1. The standard InChI is InChI=1S/C26H31N5O3S/c1-4-13-31-25(20(2)34-23-12-8-11-22(18-23)33-3)27-28-26(31)35-19-24(32)30-16-14-29(15-17-30)21-9-6-5-7-10-21/h4-12,18,20H,1,13-17,19H2,2-3H3. The predicted octanol–water partition coefficient (Wildman–Crippen LogP) is 4.05. The van der Waals surface area contributed by atoms with E-state index in [0.29, 0.717) is 42.1 Å². The molecule has 0 spiro atoms. The molecule has 2 aromatic carbocycles. The maximum absolute atomic E-state index is 12.9. The Kier molecular flexibility index (Phi) is 8.31. The van der Waals surface area contributed by atoms with Crippen molar-refractivity contribution in [3.05, 3.63) is 73.1 Å². The van der Waals surface area contributed by atoms with Crippen molar-refractivity contribution >= 4 is 23.4 Å². The highest BCUT2D eigenvalue weighted by Crippen LogP contribution is 2.27. The van der Waals surface area contributed by atoms with Crippen LogP contribution in [-0.2, 0) is 11.3 Å². The highest BCUT2D eigenvalue weighted by Gasteiger charge is 2.24. The number of allylic oxidation sites excluding steroid dienone is 1. The fourth-order valence-electron chi connectivity index (χ4n) is 4.01. The van der Waals surface area contributed by atoms with Gasteiger partial charge in [-0.15, -0.1) is 16.8 Å². The number of methoxy groups -OCH3 is 1. The molecule has 0 saturated carbocycles. The molecule has 0 N–H and O–H groups in total. The Labute approximate surface area is 210 Å². The zero-order chi connectivity index (χ0) is 24.6. The van der Waals surface area contributed by atoms with Gasteiger partial charge in [0, 0.05) is 44.5 Å². The molecule has 9 heteroatoms. The monoisotopic (exact) mass is 493 g/mol. The van der Waals surface area contributed by atoms with Crippen molar-refractivity contribution in [2.24, 2.45) is 0 Å². The Morgan fingerprint density at radius 3 is 2.54 bits per heavy atom. The first kappa shape index (κ1) is 24.7. The van der Waals surface area contributed by atoms with Gasteiger partial charge in [-0.25, -0.2) is 0 Å². The molecule has 1 atom stereocenters. The van der Waals surface area contributed by atoms with Gasteiger partial charge in [0.1, 0.15) is 11.5 Å². The minimum absolute atomic E-state index is 0.109. The molecule has 0 bridgehead atoms. The fraction of sp³-hybridized carbons (Fsp3) is 0.346. The second-order valence-electron chi connectivity index (χ2n) is 8.17. The third kappa shape index (κ3) is 6.16. The lowest BCUT2D eigenvalue weighted by Gasteiger charge is -2.36. The topological polar surface area (TPSA) is 72.7 Å². The van der Waals surface area contributed by atoms with E-state index in [2.05, 4.69) is 33.8 Å². The van der Waals surface area contributed by atoms with Crippen LogP contribution in [0.25, 0.3) is 0 Å². The summed E-state index contributed by atoms with van der Waals surface area (Å²) in [6.07, 6.45) is 1.45. The minimum Gasteiger partial charge on any atom is -0.497 e. The van der Waals surface area contributed by atoms with Crippen molar-refractivity contribution in [1.29, 1.82) is 0 Å². The van der Waals surface area contributed by atoms with Crippen LogP contribution in [0.1, 0.15) is 18.9 Å². The molecule has 3 aromatic rings. The van der Waals surface area contributed by atoms with Crippen molar-refractivity contribution < 1.29 is 14.3 Å². The lowest BCUT2D eigenvalue weighted by Crippen LogP contribution is -2.49. The van der Waals surface area contributed by atoms with Gasteiger partial charge in [-0.05, 0) is 31.2 Å². The van der Waals surface area contributed by atoms with E-state index in [1.54, 1.807) is 13.2 Å². The lowest BCUT2D eigenvalue weighted by atomic mass is 10.2. The van der Waals surface area contributed by atoms with E-state index < -0.39 is 0 Å². The van der Waals surface area contributed by atoms with Gasteiger partial charge in [-0.3, -0.25) is 9.36 Å². The number of ether oxygens (including phenoxy) is 2. The molecule has 1 fully saturated rings. The number of carbonyl (C=O) groups is 1. The molecule has 1 amide bonds. The number of rotatable bonds is 10. The van der Waals surface area contributed by atoms with Gasteiger partial charge in [-0.2, -0.15) is 0 Å². The minimum atomic E-state index is -0.342. The van der Waals surface area contributed by atoms with Crippen molar-refractivity contribution in [2.75, 3.05) is 43.9 Å². The maximum atomic E-state index is 12.9. The van der Waals surface area contributed by atoms with Crippen LogP contribution in [0.5, 0.6) is 11.5 Å². The van der Waals surface area contributed by atoms with Crippen LogP contribution >= 0.6 is 11.8 Å². The Balaban J connectivity index is 1.35. The van der Waals surface area contributed by atoms with Crippen molar-refractivity contribution in [1.82, 2.24) is 19.7 Å². The molecule has 4 rings (SSSR count). The number of piperazine rings is 1. The first-order valence-corrected chi connectivity index (χ1v) is 12.6. The predicted molar refractivity (Wildman–Crippen MR) is 138 cm³/mol. The fourth-order valence-corrected chi connectivity index (χ4v) is 4.87. The molecular formula is C26H31N5O3S. The Hall–Kier alpha value is -3.46. The van der Waals surface area contributed by atoms with Gasteiger partial charge in [-0.1, -0.05) is 42.1 Å². The number of amides is 1. The van der Waals surface area contributed by atoms with E-state index in [1.807, 2.05) is 58.9 Å². The van der Waals surface area contributed by atoms with Crippen LogP contribution in [0, 0.1) is 0 Å². The lowest BCUT2D eigenvalue weighted by molar-refractivity contribution is -0.128. The highest BCUT2D eigenvalue weighted by atomic mass is 32.2. The number of benzene rings is 2. The first-order chi connectivity index (χ1) is 17.1. The van der Waals surface area contributed by atoms with E-state index in [4.69, 9.17) is 9.47 Å². The van der Waals surface area contributed by atoms with E-state index in [-0.39, 0.29) is 12.0 Å². The molecule has 1 aliphatic heterocycles. The quantitative estimate of drug-likeness (QED) is 0.312. The van der Waals surface area contributed by atoms with Crippen molar-refractivity contribution in [3.8, 4) is 11.5 Å². The largest absolute Gasteiger partial charge is 0.497 e. The number of hydrogen-bond acceptors (Lipinski definition) is 7. The zero-order valence-electron chi connectivity index (χ0n) is 20.2. The summed E-state index contributed by atoms with van der Waals surface area (Å²) < 4.78 is 13.3. The molecule has 2 heterocycles. The van der Waals surface area contributed by atoms with Gasteiger partial charge in [0.15, 0.2) is 17.1 Å².